The number of pyridine rings is 1. The van der Waals surface area contributed by atoms with E-state index in [0.29, 0.717) is 12.4 Å². The zero-order chi connectivity index (χ0) is 13.3. The monoisotopic (exact) mass is 270 g/mol. The van der Waals surface area contributed by atoms with Crippen molar-refractivity contribution in [2.24, 2.45) is 5.92 Å². The first kappa shape index (κ1) is 13.3. The number of nitrogens with zero attached hydrogens (tertiary/aromatic N) is 2. The Morgan fingerprint density at radius 3 is 2.83 bits per heavy atom. The minimum absolute atomic E-state index is 0.228. The summed E-state index contributed by atoms with van der Waals surface area (Å²) in [6.45, 7) is 3.15. The first-order valence-electron chi connectivity index (χ1n) is 5.97. The molecule has 100 valence electrons. The lowest BCUT2D eigenvalue weighted by Crippen LogP contribution is -2.43. The second-order valence-electron chi connectivity index (χ2n) is 4.88. The molecular weight excluding hydrogens is 252 g/mol. The summed E-state index contributed by atoms with van der Waals surface area (Å²) in [6, 6.07) is 3.17. The molecule has 0 radical (unpaired) electrons. The number of aromatic nitrogens is 1. The molecule has 1 saturated heterocycles. The summed E-state index contributed by atoms with van der Waals surface area (Å²) in [5.41, 5.74) is 0. The molecule has 2 unspecified atom stereocenters. The van der Waals surface area contributed by atoms with E-state index in [2.05, 4.69) is 4.98 Å². The van der Waals surface area contributed by atoms with Gasteiger partial charge >= 0.3 is 0 Å². The fourth-order valence-corrected chi connectivity index (χ4v) is 2.99. The molecule has 0 aromatic carbocycles. The third-order valence-corrected chi connectivity index (χ3v) is 4.49. The van der Waals surface area contributed by atoms with Gasteiger partial charge in [-0.2, -0.15) is 0 Å². The molecule has 2 atom stereocenters. The Balaban J connectivity index is 2.35. The number of rotatable bonds is 2. The van der Waals surface area contributed by atoms with Crippen LogP contribution >= 0.6 is 0 Å². The summed E-state index contributed by atoms with van der Waals surface area (Å²) in [6.07, 6.45) is 3.15. The number of sulfone groups is 1. The predicted octanol–water partition coefficient (Wildman–Crippen LogP) is 0.692. The Bertz CT molecular complexity index is 530. The number of β-amino-alcohol motifs (C(OH)–C–C–N with tert-alkyl or cyclic N) is 1. The summed E-state index contributed by atoms with van der Waals surface area (Å²) in [4.78, 5) is 6.24. The molecule has 1 aromatic rings. The van der Waals surface area contributed by atoms with Crippen LogP contribution in [0.4, 0.5) is 5.82 Å². The lowest BCUT2D eigenvalue weighted by atomic mass is 9.96. The normalized spacial score (nSPS) is 25.2. The van der Waals surface area contributed by atoms with Gasteiger partial charge in [0.2, 0.25) is 0 Å². The van der Waals surface area contributed by atoms with Crippen molar-refractivity contribution in [3.63, 3.8) is 0 Å². The van der Waals surface area contributed by atoms with Crippen LogP contribution in [-0.4, -0.2) is 44.0 Å². The van der Waals surface area contributed by atoms with Gasteiger partial charge in [0.25, 0.3) is 0 Å². The number of piperidine rings is 1. The Kier molecular flexibility index (Phi) is 3.59. The molecule has 1 aliphatic heterocycles. The highest BCUT2D eigenvalue weighted by Crippen LogP contribution is 2.27. The second-order valence-corrected chi connectivity index (χ2v) is 6.86. The lowest BCUT2D eigenvalue weighted by Gasteiger charge is -2.35. The highest BCUT2D eigenvalue weighted by molar-refractivity contribution is 7.90. The van der Waals surface area contributed by atoms with Crippen LogP contribution < -0.4 is 4.90 Å². The molecule has 1 N–H and O–H groups in total. The third kappa shape index (κ3) is 2.64. The zero-order valence-electron chi connectivity index (χ0n) is 10.6. The number of hydrogen-bond acceptors (Lipinski definition) is 5. The van der Waals surface area contributed by atoms with Crippen molar-refractivity contribution in [3.05, 3.63) is 18.3 Å². The van der Waals surface area contributed by atoms with Crippen LogP contribution in [0.1, 0.15) is 13.3 Å². The lowest BCUT2D eigenvalue weighted by molar-refractivity contribution is 0.102. The Labute approximate surface area is 107 Å². The van der Waals surface area contributed by atoms with Crippen molar-refractivity contribution in [1.82, 2.24) is 4.98 Å². The molecule has 18 heavy (non-hydrogen) atoms. The molecule has 5 nitrogen and oxygen atoms in total. The van der Waals surface area contributed by atoms with Gasteiger partial charge in [-0.15, -0.1) is 0 Å². The van der Waals surface area contributed by atoms with Crippen molar-refractivity contribution < 1.29 is 13.5 Å². The molecule has 0 spiro atoms. The van der Waals surface area contributed by atoms with Crippen LogP contribution in [0.3, 0.4) is 0 Å². The summed E-state index contributed by atoms with van der Waals surface area (Å²) >= 11 is 0. The average molecular weight is 270 g/mol. The summed E-state index contributed by atoms with van der Waals surface area (Å²) in [5.74, 6) is 0.692. The summed E-state index contributed by atoms with van der Waals surface area (Å²) < 4.78 is 23.4. The third-order valence-electron chi connectivity index (χ3n) is 3.37. The van der Waals surface area contributed by atoms with Crippen molar-refractivity contribution in [1.29, 1.82) is 0 Å². The molecule has 0 amide bonds. The maximum absolute atomic E-state index is 11.7. The van der Waals surface area contributed by atoms with Gasteiger partial charge in [-0.25, -0.2) is 13.4 Å². The van der Waals surface area contributed by atoms with E-state index in [1.54, 1.807) is 18.3 Å². The van der Waals surface area contributed by atoms with Crippen molar-refractivity contribution >= 4 is 15.7 Å². The van der Waals surface area contributed by atoms with Crippen LogP contribution in [0.25, 0.3) is 0 Å². The van der Waals surface area contributed by atoms with Crippen molar-refractivity contribution in [3.8, 4) is 0 Å². The van der Waals surface area contributed by atoms with Gasteiger partial charge in [0.05, 0.1) is 6.10 Å². The van der Waals surface area contributed by atoms with Gasteiger partial charge < -0.3 is 10.0 Å². The van der Waals surface area contributed by atoms with Crippen LogP contribution in [0.5, 0.6) is 0 Å². The molecular formula is C12H18N2O3S. The van der Waals surface area contributed by atoms with Crippen molar-refractivity contribution in [2.75, 3.05) is 24.2 Å². The predicted molar refractivity (Wildman–Crippen MR) is 69.3 cm³/mol. The molecule has 2 rings (SSSR count). The summed E-state index contributed by atoms with van der Waals surface area (Å²) in [7, 11) is -3.30. The van der Waals surface area contributed by atoms with E-state index in [9.17, 15) is 13.5 Å². The minimum Gasteiger partial charge on any atom is -0.391 e. The molecule has 0 saturated carbocycles. The van der Waals surface area contributed by atoms with E-state index in [1.165, 1.54) is 6.26 Å². The highest BCUT2D eigenvalue weighted by Gasteiger charge is 2.28. The van der Waals surface area contributed by atoms with Gasteiger partial charge in [-0.05, 0) is 24.5 Å². The topological polar surface area (TPSA) is 70.5 Å². The van der Waals surface area contributed by atoms with E-state index in [-0.39, 0.29) is 10.8 Å². The molecule has 0 aliphatic carbocycles. The molecule has 1 fully saturated rings. The smallest absolute Gasteiger partial charge is 0.179 e. The van der Waals surface area contributed by atoms with Crippen LogP contribution in [0.15, 0.2) is 23.2 Å². The molecule has 1 aliphatic rings. The Hall–Kier alpha value is -1.14. The highest BCUT2D eigenvalue weighted by atomic mass is 32.2. The van der Waals surface area contributed by atoms with Gasteiger partial charge in [0, 0.05) is 25.5 Å². The standard InChI is InChI=1S/C12H18N2O3S/c1-9-5-7-14(8-10(9)15)12-11(18(2,16)17)4-3-6-13-12/h3-4,6,9-10,15H,5,7-8H2,1-2H3. The average Bonchev–Trinajstić information content (AvgIpc) is 2.32. The summed E-state index contributed by atoms with van der Waals surface area (Å²) in [5, 5.41) is 9.88. The van der Waals surface area contributed by atoms with Crippen LogP contribution in [-0.2, 0) is 9.84 Å². The van der Waals surface area contributed by atoms with E-state index in [0.717, 1.165) is 13.0 Å². The first-order chi connectivity index (χ1) is 8.39. The van der Waals surface area contributed by atoms with Crippen LogP contribution in [0.2, 0.25) is 0 Å². The van der Waals surface area contributed by atoms with Gasteiger partial charge in [0.15, 0.2) is 9.84 Å². The number of hydrogen-bond donors (Lipinski definition) is 1. The van der Waals surface area contributed by atoms with Gasteiger partial charge in [0.1, 0.15) is 10.7 Å². The maximum atomic E-state index is 11.7. The Morgan fingerprint density at radius 2 is 2.22 bits per heavy atom. The van der Waals surface area contributed by atoms with Crippen molar-refractivity contribution in [2.45, 2.75) is 24.3 Å². The largest absolute Gasteiger partial charge is 0.391 e. The molecule has 2 heterocycles. The zero-order valence-corrected chi connectivity index (χ0v) is 11.4. The number of anilines is 1. The first-order valence-corrected chi connectivity index (χ1v) is 7.87. The van der Waals surface area contributed by atoms with E-state index in [4.69, 9.17) is 0 Å². The second kappa shape index (κ2) is 4.85. The minimum atomic E-state index is -3.30. The van der Waals surface area contributed by atoms with Crippen LogP contribution in [0, 0.1) is 5.92 Å². The van der Waals surface area contributed by atoms with E-state index >= 15 is 0 Å². The number of aliphatic hydroxyl groups excluding tert-OH is 1. The van der Waals surface area contributed by atoms with E-state index < -0.39 is 15.9 Å². The van der Waals surface area contributed by atoms with Gasteiger partial charge in [-0.3, -0.25) is 0 Å². The van der Waals surface area contributed by atoms with E-state index in [1.807, 2.05) is 11.8 Å². The quantitative estimate of drug-likeness (QED) is 0.856. The maximum Gasteiger partial charge on any atom is 0.179 e. The SMILES string of the molecule is CC1CCN(c2ncccc2S(C)(=O)=O)CC1O. The Morgan fingerprint density at radius 1 is 1.50 bits per heavy atom. The fraction of sp³-hybridized carbons (Fsp3) is 0.583. The molecule has 1 aromatic heterocycles. The fourth-order valence-electron chi connectivity index (χ4n) is 2.15. The number of aliphatic hydroxyl groups is 1. The molecule has 0 bridgehead atoms. The van der Waals surface area contributed by atoms with Gasteiger partial charge in [-0.1, -0.05) is 6.92 Å². The molecule has 6 heteroatoms.